The van der Waals surface area contributed by atoms with Crippen LogP contribution in [0.2, 0.25) is 0 Å². The maximum absolute atomic E-state index is 3.28. The average Bonchev–Trinajstić information content (AvgIpc) is 2.40. The van der Waals surface area contributed by atoms with E-state index in [-0.39, 0.29) is 0 Å². The number of hydrogen-bond donors (Lipinski definition) is 1. The Hall–Kier alpha value is 0.310. The molecule has 0 amide bonds. The number of nitrogens with one attached hydrogen (secondary N) is 1. The highest BCUT2D eigenvalue weighted by Gasteiger charge is 2.16. The van der Waals surface area contributed by atoms with Gasteiger partial charge >= 0.3 is 0 Å². The Bertz CT molecular complexity index is 89.3. The summed E-state index contributed by atoms with van der Waals surface area (Å²) in [6.45, 7) is 2.27. The van der Waals surface area contributed by atoms with Gasteiger partial charge in [0.15, 0.2) is 0 Å². The SMILES string of the molecule is CNC(C)CC1CCSC1. The molecule has 2 atom stereocenters. The van der Waals surface area contributed by atoms with Crippen LogP contribution >= 0.6 is 11.8 Å². The van der Waals surface area contributed by atoms with E-state index < -0.39 is 0 Å². The summed E-state index contributed by atoms with van der Waals surface area (Å²) in [5.41, 5.74) is 0. The van der Waals surface area contributed by atoms with Gasteiger partial charge in [0, 0.05) is 6.04 Å². The maximum Gasteiger partial charge on any atom is 0.00386 e. The van der Waals surface area contributed by atoms with E-state index in [1.807, 2.05) is 7.05 Å². The minimum absolute atomic E-state index is 0.712. The van der Waals surface area contributed by atoms with Crippen LogP contribution in [0.1, 0.15) is 19.8 Å². The van der Waals surface area contributed by atoms with E-state index in [0.29, 0.717) is 6.04 Å². The lowest BCUT2D eigenvalue weighted by molar-refractivity contribution is 0.449. The zero-order valence-electron chi connectivity index (χ0n) is 6.89. The van der Waals surface area contributed by atoms with E-state index >= 15 is 0 Å². The first kappa shape index (κ1) is 8.41. The van der Waals surface area contributed by atoms with Crippen LogP contribution in [0.15, 0.2) is 0 Å². The summed E-state index contributed by atoms with van der Waals surface area (Å²) < 4.78 is 0. The minimum atomic E-state index is 0.712. The molecule has 0 aromatic heterocycles. The summed E-state index contributed by atoms with van der Waals surface area (Å²) in [6.07, 6.45) is 2.81. The molecule has 1 aliphatic rings. The largest absolute Gasteiger partial charge is 0.317 e. The van der Waals surface area contributed by atoms with Crippen LogP contribution < -0.4 is 5.32 Å². The van der Waals surface area contributed by atoms with Gasteiger partial charge in [0.05, 0.1) is 0 Å². The molecule has 0 radical (unpaired) electrons. The Kier molecular flexibility index (Phi) is 3.57. The molecule has 1 saturated heterocycles. The number of thioether (sulfide) groups is 1. The first-order chi connectivity index (χ1) is 4.83. The second-order valence-electron chi connectivity index (χ2n) is 3.16. The van der Waals surface area contributed by atoms with Gasteiger partial charge in [-0.3, -0.25) is 0 Å². The molecule has 1 nitrogen and oxygen atoms in total. The van der Waals surface area contributed by atoms with Gasteiger partial charge in [0.2, 0.25) is 0 Å². The van der Waals surface area contributed by atoms with Crippen molar-refractivity contribution in [2.24, 2.45) is 5.92 Å². The Morgan fingerprint density at radius 3 is 3.00 bits per heavy atom. The third-order valence-electron chi connectivity index (χ3n) is 2.20. The predicted octanol–water partition coefficient (Wildman–Crippen LogP) is 1.74. The standard InChI is InChI=1S/C8H17NS/c1-7(9-2)5-8-3-4-10-6-8/h7-9H,3-6H2,1-2H3. The van der Waals surface area contributed by atoms with E-state index in [1.54, 1.807) is 0 Å². The molecule has 1 rings (SSSR count). The van der Waals surface area contributed by atoms with Gasteiger partial charge in [0.1, 0.15) is 0 Å². The molecule has 1 aliphatic heterocycles. The summed E-state index contributed by atoms with van der Waals surface area (Å²) >= 11 is 2.11. The summed E-state index contributed by atoms with van der Waals surface area (Å²) in [5, 5.41) is 3.28. The summed E-state index contributed by atoms with van der Waals surface area (Å²) in [5.74, 6) is 3.78. The van der Waals surface area contributed by atoms with E-state index in [2.05, 4.69) is 24.0 Å². The second-order valence-corrected chi connectivity index (χ2v) is 4.30. The van der Waals surface area contributed by atoms with Crippen molar-refractivity contribution in [1.82, 2.24) is 5.32 Å². The minimum Gasteiger partial charge on any atom is -0.317 e. The molecule has 10 heavy (non-hydrogen) atoms. The topological polar surface area (TPSA) is 12.0 Å². The van der Waals surface area contributed by atoms with Crippen molar-refractivity contribution in [3.8, 4) is 0 Å². The van der Waals surface area contributed by atoms with Gasteiger partial charge < -0.3 is 5.32 Å². The van der Waals surface area contributed by atoms with Gasteiger partial charge in [-0.05, 0) is 44.2 Å². The summed E-state index contributed by atoms with van der Waals surface area (Å²) in [6, 6.07) is 0.712. The van der Waals surface area contributed by atoms with Crippen molar-refractivity contribution in [3.05, 3.63) is 0 Å². The van der Waals surface area contributed by atoms with Crippen LogP contribution in [0.25, 0.3) is 0 Å². The first-order valence-corrected chi connectivity index (χ1v) is 5.23. The molecule has 0 bridgehead atoms. The monoisotopic (exact) mass is 159 g/mol. The number of rotatable bonds is 3. The van der Waals surface area contributed by atoms with Gasteiger partial charge in [-0.2, -0.15) is 11.8 Å². The fourth-order valence-electron chi connectivity index (χ4n) is 1.39. The summed E-state index contributed by atoms with van der Waals surface area (Å²) in [4.78, 5) is 0. The van der Waals surface area contributed by atoms with Gasteiger partial charge in [0.25, 0.3) is 0 Å². The molecule has 1 fully saturated rings. The third-order valence-corrected chi connectivity index (χ3v) is 3.44. The zero-order valence-corrected chi connectivity index (χ0v) is 7.71. The van der Waals surface area contributed by atoms with Crippen molar-refractivity contribution < 1.29 is 0 Å². The molecule has 1 heterocycles. The lowest BCUT2D eigenvalue weighted by atomic mass is 10.0. The molecule has 0 saturated carbocycles. The van der Waals surface area contributed by atoms with E-state index in [4.69, 9.17) is 0 Å². The highest BCUT2D eigenvalue weighted by Crippen LogP contribution is 2.26. The first-order valence-electron chi connectivity index (χ1n) is 4.08. The van der Waals surface area contributed by atoms with E-state index in [0.717, 1.165) is 5.92 Å². The maximum atomic E-state index is 3.28. The third kappa shape index (κ3) is 2.51. The Morgan fingerprint density at radius 2 is 2.50 bits per heavy atom. The molecular formula is C8H17NS. The molecule has 60 valence electrons. The fraction of sp³-hybridized carbons (Fsp3) is 1.00. The smallest absolute Gasteiger partial charge is 0.00386 e. The van der Waals surface area contributed by atoms with Crippen molar-refractivity contribution >= 4 is 11.8 Å². The Balaban J connectivity index is 2.11. The van der Waals surface area contributed by atoms with Crippen LogP contribution in [0.4, 0.5) is 0 Å². The molecule has 0 aliphatic carbocycles. The van der Waals surface area contributed by atoms with Crippen LogP contribution in [-0.2, 0) is 0 Å². The van der Waals surface area contributed by atoms with Crippen molar-refractivity contribution in [2.75, 3.05) is 18.6 Å². The van der Waals surface area contributed by atoms with Gasteiger partial charge in [-0.1, -0.05) is 0 Å². The second kappa shape index (κ2) is 4.24. The van der Waals surface area contributed by atoms with E-state index in [1.165, 1.54) is 24.3 Å². The van der Waals surface area contributed by atoms with Crippen molar-refractivity contribution in [2.45, 2.75) is 25.8 Å². The van der Waals surface area contributed by atoms with Crippen LogP contribution in [0.5, 0.6) is 0 Å². The van der Waals surface area contributed by atoms with Crippen LogP contribution in [0, 0.1) is 5.92 Å². The molecule has 2 unspecified atom stereocenters. The molecule has 0 spiro atoms. The summed E-state index contributed by atoms with van der Waals surface area (Å²) in [7, 11) is 2.05. The molecular weight excluding hydrogens is 142 g/mol. The van der Waals surface area contributed by atoms with Crippen molar-refractivity contribution in [1.29, 1.82) is 0 Å². The number of hydrogen-bond acceptors (Lipinski definition) is 2. The molecule has 0 aromatic rings. The molecule has 2 heteroatoms. The normalized spacial score (nSPS) is 28.8. The van der Waals surface area contributed by atoms with Gasteiger partial charge in [-0.25, -0.2) is 0 Å². The van der Waals surface area contributed by atoms with Crippen LogP contribution in [-0.4, -0.2) is 24.6 Å². The Morgan fingerprint density at radius 1 is 1.70 bits per heavy atom. The highest BCUT2D eigenvalue weighted by molar-refractivity contribution is 7.99. The van der Waals surface area contributed by atoms with Crippen molar-refractivity contribution in [3.63, 3.8) is 0 Å². The molecule has 0 aromatic carbocycles. The fourth-order valence-corrected chi connectivity index (χ4v) is 2.69. The zero-order chi connectivity index (χ0) is 7.40. The molecule has 1 N–H and O–H groups in total. The highest BCUT2D eigenvalue weighted by atomic mass is 32.2. The lowest BCUT2D eigenvalue weighted by Crippen LogP contribution is -2.24. The lowest BCUT2D eigenvalue weighted by Gasteiger charge is -2.14. The van der Waals surface area contributed by atoms with Gasteiger partial charge in [-0.15, -0.1) is 0 Å². The quantitative estimate of drug-likeness (QED) is 0.673. The van der Waals surface area contributed by atoms with Crippen LogP contribution in [0.3, 0.4) is 0 Å². The van der Waals surface area contributed by atoms with E-state index in [9.17, 15) is 0 Å². The Labute approximate surface area is 68.0 Å². The average molecular weight is 159 g/mol. The predicted molar refractivity (Wildman–Crippen MR) is 48.6 cm³/mol.